The molecule has 7 heteroatoms. The van der Waals surface area contributed by atoms with Crippen LogP contribution in [0.5, 0.6) is 0 Å². The molecule has 3 aliphatic heterocycles. The summed E-state index contributed by atoms with van der Waals surface area (Å²) < 4.78 is 0. The van der Waals surface area contributed by atoms with Crippen molar-refractivity contribution >= 4 is 17.8 Å². The number of nitrogens with zero attached hydrogens (tertiary/aromatic N) is 3. The van der Waals surface area contributed by atoms with Crippen LogP contribution in [0, 0.1) is 0 Å². The van der Waals surface area contributed by atoms with Gasteiger partial charge in [-0.3, -0.25) is 14.5 Å². The van der Waals surface area contributed by atoms with Crippen LogP contribution in [0.15, 0.2) is 35.5 Å². The lowest BCUT2D eigenvalue weighted by atomic mass is 9.85. The number of amides is 4. The van der Waals surface area contributed by atoms with E-state index >= 15 is 0 Å². The number of carbonyl (C=O) groups excluding carboxylic acids is 3. The van der Waals surface area contributed by atoms with Crippen molar-refractivity contribution in [3.63, 3.8) is 0 Å². The zero-order valence-electron chi connectivity index (χ0n) is 18.9. The van der Waals surface area contributed by atoms with Crippen molar-refractivity contribution < 1.29 is 14.4 Å². The number of urea groups is 1. The van der Waals surface area contributed by atoms with Crippen molar-refractivity contribution in [1.29, 1.82) is 0 Å². The molecule has 0 saturated carbocycles. The molecule has 1 unspecified atom stereocenters. The Hall–Kier alpha value is -2.83. The van der Waals surface area contributed by atoms with E-state index in [0.717, 1.165) is 37.9 Å². The summed E-state index contributed by atoms with van der Waals surface area (Å²) in [6, 6.07) is 7.33. The highest BCUT2D eigenvalue weighted by molar-refractivity contribution is 6.02. The fraction of sp³-hybridized carbons (Fsp3) is 0.542. The third-order valence-electron chi connectivity index (χ3n) is 6.58. The van der Waals surface area contributed by atoms with Crippen LogP contribution in [0.1, 0.15) is 57.2 Å². The van der Waals surface area contributed by atoms with Gasteiger partial charge in [-0.2, -0.15) is 0 Å². The van der Waals surface area contributed by atoms with Gasteiger partial charge in [-0.25, -0.2) is 4.79 Å². The lowest BCUT2D eigenvalue weighted by Crippen LogP contribution is -2.45. The van der Waals surface area contributed by atoms with Crippen LogP contribution >= 0.6 is 0 Å². The average molecular weight is 425 g/mol. The summed E-state index contributed by atoms with van der Waals surface area (Å²) in [7, 11) is 1.67. The highest BCUT2D eigenvalue weighted by Gasteiger charge is 2.43. The van der Waals surface area contributed by atoms with Crippen LogP contribution in [0.4, 0.5) is 4.79 Å². The first-order valence-electron chi connectivity index (χ1n) is 11.1. The Balaban J connectivity index is 1.57. The summed E-state index contributed by atoms with van der Waals surface area (Å²) in [6.45, 7) is 8.32. The van der Waals surface area contributed by atoms with Gasteiger partial charge in [-0.15, -0.1) is 0 Å². The quantitative estimate of drug-likeness (QED) is 0.811. The van der Waals surface area contributed by atoms with Gasteiger partial charge in [0, 0.05) is 20.1 Å². The number of likely N-dealkylation sites (tertiary alicyclic amines) is 1. The molecule has 0 aromatic heterocycles. The minimum atomic E-state index is -0.504. The molecule has 166 valence electrons. The summed E-state index contributed by atoms with van der Waals surface area (Å²) in [5.74, 6) is -0.182. The highest BCUT2D eigenvalue weighted by atomic mass is 16.2. The van der Waals surface area contributed by atoms with Crippen molar-refractivity contribution in [3.05, 3.63) is 46.7 Å². The summed E-state index contributed by atoms with van der Waals surface area (Å²) in [6.07, 6.45) is 3.18. The van der Waals surface area contributed by atoms with Gasteiger partial charge in [0.05, 0.1) is 23.9 Å². The van der Waals surface area contributed by atoms with E-state index in [2.05, 4.69) is 38.2 Å². The predicted molar refractivity (Wildman–Crippen MR) is 118 cm³/mol. The highest BCUT2D eigenvalue weighted by Crippen LogP contribution is 2.36. The minimum Gasteiger partial charge on any atom is -0.341 e. The Kier molecular flexibility index (Phi) is 5.54. The smallest absolute Gasteiger partial charge is 0.322 e. The van der Waals surface area contributed by atoms with Gasteiger partial charge < -0.3 is 15.1 Å². The molecule has 0 aliphatic carbocycles. The maximum absolute atomic E-state index is 13.3. The normalized spacial score (nSPS) is 22.1. The maximum atomic E-state index is 13.3. The Bertz CT molecular complexity index is 923. The molecule has 1 atom stereocenters. The number of rotatable bonds is 3. The minimum absolute atomic E-state index is 0.0130. The first kappa shape index (κ1) is 21.4. The number of hydrogen-bond donors (Lipinski definition) is 1. The molecule has 1 saturated heterocycles. The molecule has 1 N–H and O–H groups in total. The summed E-state index contributed by atoms with van der Waals surface area (Å²) in [5, 5.41) is 2.97. The van der Waals surface area contributed by atoms with Gasteiger partial charge in [0.1, 0.15) is 6.54 Å². The molecule has 31 heavy (non-hydrogen) atoms. The van der Waals surface area contributed by atoms with Crippen molar-refractivity contribution in [1.82, 2.24) is 20.0 Å². The standard InChI is InChI=1S/C24H32N4O3/c1-24(2,3)17-10-8-16(9-11-17)21-20-18(26(4)23(31)25-21)14-28(22(20)30)15-19(29)27-12-6-5-7-13-27/h8-11,21H,5-7,12-15H2,1-4H3,(H,25,31). The molecular weight excluding hydrogens is 392 g/mol. The van der Waals surface area contributed by atoms with E-state index in [1.807, 2.05) is 17.0 Å². The summed E-state index contributed by atoms with van der Waals surface area (Å²) in [4.78, 5) is 43.6. The third kappa shape index (κ3) is 4.05. The van der Waals surface area contributed by atoms with Crippen LogP contribution in [-0.2, 0) is 15.0 Å². The van der Waals surface area contributed by atoms with Crippen molar-refractivity contribution in [2.24, 2.45) is 0 Å². The molecule has 1 fully saturated rings. The van der Waals surface area contributed by atoms with E-state index in [4.69, 9.17) is 0 Å². The Labute approximate surface area is 184 Å². The lowest BCUT2D eigenvalue weighted by Gasteiger charge is -2.31. The number of carbonyl (C=O) groups is 3. The Morgan fingerprint density at radius 3 is 2.32 bits per heavy atom. The maximum Gasteiger partial charge on any atom is 0.322 e. The molecule has 0 spiro atoms. The predicted octanol–water partition coefficient (Wildman–Crippen LogP) is 2.79. The van der Waals surface area contributed by atoms with Crippen LogP contribution in [0.3, 0.4) is 0 Å². The molecule has 3 heterocycles. The molecule has 1 aromatic carbocycles. The van der Waals surface area contributed by atoms with Crippen molar-refractivity contribution in [2.45, 2.75) is 51.5 Å². The second kappa shape index (κ2) is 8.02. The zero-order valence-corrected chi connectivity index (χ0v) is 18.9. The van der Waals surface area contributed by atoms with E-state index < -0.39 is 6.04 Å². The van der Waals surface area contributed by atoms with E-state index in [1.165, 1.54) is 10.5 Å². The van der Waals surface area contributed by atoms with E-state index in [9.17, 15) is 14.4 Å². The monoisotopic (exact) mass is 424 g/mol. The topological polar surface area (TPSA) is 73.0 Å². The average Bonchev–Trinajstić information content (AvgIpc) is 3.07. The molecule has 7 nitrogen and oxygen atoms in total. The molecule has 0 radical (unpaired) electrons. The number of hydrogen-bond acceptors (Lipinski definition) is 3. The first-order chi connectivity index (χ1) is 14.7. The number of piperidine rings is 1. The molecular formula is C24H32N4O3. The largest absolute Gasteiger partial charge is 0.341 e. The van der Waals surface area contributed by atoms with Gasteiger partial charge in [0.25, 0.3) is 5.91 Å². The number of nitrogens with one attached hydrogen (secondary N) is 1. The number of benzene rings is 1. The van der Waals surface area contributed by atoms with Gasteiger partial charge in [-0.05, 0) is 35.8 Å². The van der Waals surface area contributed by atoms with Crippen molar-refractivity contribution in [2.75, 3.05) is 33.2 Å². The van der Waals surface area contributed by atoms with Gasteiger partial charge >= 0.3 is 6.03 Å². The SMILES string of the molecule is CN1C(=O)NC(c2ccc(C(C)(C)C)cc2)C2=C1CN(CC(=O)N1CCCCC1)C2=O. The van der Waals surface area contributed by atoms with Crippen LogP contribution in [0.25, 0.3) is 0 Å². The Morgan fingerprint density at radius 2 is 1.71 bits per heavy atom. The summed E-state index contributed by atoms with van der Waals surface area (Å²) in [5.41, 5.74) is 3.34. The molecule has 4 amide bonds. The molecule has 0 bridgehead atoms. The second-order valence-corrected chi connectivity index (χ2v) is 9.78. The van der Waals surface area contributed by atoms with E-state index in [1.54, 1.807) is 11.9 Å². The fourth-order valence-electron chi connectivity index (χ4n) is 4.58. The second-order valence-electron chi connectivity index (χ2n) is 9.78. The van der Waals surface area contributed by atoms with Crippen LogP contribution in [0.2, 0.25) is 0 Å². The van der Waals surface area contributed by atoms with E-state index in [-0.39, 0.29) is 36.3 Å². The first-order valence-corrected chi connectivity index (χ1v) is 11.1. The molecule has 1 aromatic rings. The van der Waals surface area contributed by atoms with Gasteiger partial charge in [0.15, 0.2) is 0 Å². The van der Waals surface area contributed by atoms with Crippen LogP contribution < -0.4 is 5.32 Å². The van der Waals surface area contributed by atoms with E-state index in [0.29, 0.717) is 11.3 Å². The van der Waals surface area contributed by atoms with Gasteiger partial charge in [0.2, 0.25) is 5.91 Å². The Morgan fingerprint density at radius 1 is 1.06 bits per heavy atom. The fourth-order valence-corrected chi connectivity index (χ4v) is 4.58. The molecule has 4 rings (SSSR count). The van der Waals surface area contributed by atoms with Crippen LogP contribution in [-0.4, -0.2) is 65.8 Å². The summed E-state index contributed by atoms with van der Waals surface area (Å²) >= 11 is 0. The molecule has 3 aliphatic rings. The lowest BCUT2D eigenvalue weighted by molar-refractivity contribution is -0.138. The van der Waals surface area contributed by atoms with Gasteiger partial charge in [-0.1, -0.05) is 45.0 Å². The number of likely N-dealkylation sites (N-methyl/N-ethyl adjacent to an activating group) is 1. The zero-order chi connectivity index (χ0) is 22.3. The van der Waals surface area contributed by atoms with Crippen molar-refractivity contribution in [3.8, 4) is 0 Å². The third-order valence-corrected chi connectivity index (χ3v) is 6.58.